The highest BCUT2D eigenvalue weighted by Gasteiger charge is 2.11. The second-order valence-corrected chi connectivity index (χ2v) is 4.89. The Morgan fingerprint density at radius 2 is 1.86 bits per heavy atom. The van der Waals surface area contributed by atoms with Gasteiger partial charge in [0.05, 0.1) is 18.4 Å². The minimum atomic E-state index is -0.406. The van der Waals surface area contributed by atoms with Gasteiger partial charge in [0.15, 0.2) is 5.11 Å². The zero-order valence-electron chi connectivity index (χ0n) is 11.8. The van der Waals surface area contributed by atoms with Crippen molar-refractivity contribution < 1.29 is 9.53 Å². The highest BCUT2D eigenvalue weighted by molar-refractivity contribution is 7.80. The standard InChI is InChI=1S/C16H16N2O2S/c1-11-6-5-7-12(10-11)17-16(21)18-14-9-4-3-8-13(14)15(19)20-2/h3-10H,1-2H3,(H2,17,18,21). The maximum absolute atomic E-state index is 11.7. The molecule has 108 valence electrons. The number of methoxy groups -OCH3 is 1. The van der Waals surface area contributed by atoms with Crippen molar-refractivity contribution >= 4 is 34.7 Å². The van der Waals surface area contributed by atoms with Gasteiger partial charge in [0.25, 0.3) is 0 Å². The fourth-order valence-corrected chi connectivity index (χ4v) is 2.12. The van der Waals surface area contributed by atoms with Crippen LogP contribution in [0.5, 0.6) is 0 Å². The number of rotatable bonds is 3. The molecule has 0 aliphatic rings. The summed E-state index contributed by atoms with van der Waals surface area (Å²) < 4.78 is 4.75. The van der Waals surface area contributed by atoms with Crippen LogP contribution < -0.4 is 10.6 Å². The maximum Gasteiger partial charge on any atom is 0.339 e. The van der Waals surface area contributed by atoms with Crippen molar-refractivity contribution in [2.24, 2.45) is 0 Å². The molecule has 2 aromatic rings. The Hall–Kier alpha value is -2.40. The molecule has 0 spiro atoms. The third-order valence-electron chi connectivity index (χ3n) is 2.86. The molecule has 2 N–H and O–H groups in total. The lowest BCUT2D eigenvalue weighted by molar-refractivity contribution is 0.0602. The molecule has 0 radical (unpaired) electrons. The topological polar surface area (TPSA) is 50.4 Å². The van der Waals surface area contributed by atoms with E-state index < -0.39 is 5.97 Å². The van der Waals surface area contributed by atoms with E-state index in [4.69, 9.17) is 17.0 Å². The molecule has 0 heterocycles. The van der Waals surface area contributed by atoms with E-state index in [0.29, 0.717) is 16.4 Å². The number of hydrogen-bond acceptors (Lipinski definition) is 3. The van der Waals surface area contributed by atoms with Crippen LogP contribution in [0.2, 0.25) is 0 Å². The summed E-state index contributed by atoms with van der Waals surface area (Å²) >= 11 is 5.27. The van der Waals surface area contributed by atoms with Crippen molar-refractivity contribution in [1.29, 1.82) is 0 Å². The van der Waals surface area contributed by atoms with Crippen LogP contribution in [-0.4, -0.2) is 18.2 Å². The second-order valence-electron chi connectivity index (χ2n) is 4.49. The number of hydrogen-bond donors (Lipinski definition) is 2. The van der Waals surface area contributed by atoms with Gasteiger partial charge < -0.3 is 15.4 Å². The van der Waals surface area contributed by atoms with Crippen LogP contribution in [0.1, 0.15) is 15.9 Å². The van der Waals surface area contributed by atoms with Crippen LogP contribution in [0.25, 0.3) is 0 Å². The Bertz CT molecular complexity index is 671. The number of carbonyl (C=O) groups is 1. The molecule has 0 aliphatic carbocycles. The molecule has 2 rings (SSSR count). The molecule has 0 aliphatic heterocycles. The molecule has 5 heteroatoms. The van der Waals surface area contributed by atoms with Crippen molar-refractivity contribution in [3.8, 4) is 0 Å². The highest BCUT2D eigenvalue weighted by atomic mass is 32.1. The Labute approximate surface area is 129 Å². The number of para-hydroxylation sites is 1. The Balaban J connectivity index is 2.11. The lowest BCUT2D eigenvalue weighted by Gasteiger charge is -2.13. The summed E-state index contributed by atoms with van der Waals surface area (Å²) in [5.41, 5.74) is 3.07. The zero-order valence-corrected chi connectivity index (χ0v) is 12.7. The van der Waals surface area contributed by atoms with E-state index in [-0.39, 0.29) is 0 Å². The fourth-order valence-electron chi connectivity index (χ4n) is 1.89. The Morgan fingerprint density at radius 1 is 1.10 bits per heavy atom. The fraction of sp³-hybridized carbons (Fsp3) is 0.125. The molecule has 2 aromatic carbocycles. The van der Waals surface area contributed by atoms with Gasteiger partial charge in [-0.3, -0.25) is 0 Å². The van der Waals surface area contributed by atoms with Crippen LogP contribution >= 0.6 is 12.2 Å². The predicted octanol–water partition coefficient (Wildman–Crippen LogP) is 3.59. The molecule has 0 saturated carbocycles. The summed E-state index contributed by atoms with van der Waals surface area (Å²) in [5, 5.41) is 6.51. The van der Waals surface area contributed by atoms with Crippen LogP contribution in [0.15, 0.2) is 48.5 Å². The van der Waals surface area contributed by atoms with E-state index in [2.05, 4.69) is 10.6 Å². The monoisotopic (exact) mass is 300 g/mol. The quantitative estimate of drug-likeness (QED) is 0.670. The normalized spacial score (nSPS) is 9.81. The molecule has 0 aromatic heterocycles. The first-order valence-electron chi connectivity index (χ1n) is 6.42. The Kier molecular flexibility index (Phi) is 4.90. The molecule has 0 saturated heterocycles. The molecular formula is C16H16N2O2S. The smallest absolute Gasteiger partial charge is 0.339 e. The maximum atomic E-state index is 11.7. The van der Waals surface area contributed by atoms with Gasteiger partial charge >= 0.3 is 5.97 Å². The van der Waals surface area contributed by atoms with Crippen molar-refractivity contribution in [2.75, 3.05) is 17.7 Å². The second kappa shape index (κ2) is 6.85. The van der Waals surface area contributed by atoms with Gasteiger partial charge in [-0.1, -0.05) is 24.3 Å². The van der Waals surface area contributed by atoms with Gasteiger partial charge in [-0.15, -0.1) is 0 Å². The minimum Gasteiger partial charge on any atom is -0.465 e. The van der Waals surface area contributed by atoms with E-state index >= 15 is 0 Å². The predicted molar refractivity (Wildman–Crippen MR) is 88.8 cm³/mol. The number of anilines is 2. The third-order valence-corrected chi connectivity index (χ3v) is 3.06. The first-order chi connectivity index (χ1) is 10.1. The summed E-state index contributed by atoms with van der Waals surface area (Å²) in [5.74, 6) is -0.406. The van der Waals surface area contributed by atoms with Crippen LogP contribution in [0.3, 0.4) is 0 Å². The van der Waals surface area contributed by atoms with Crippen molar-refractivity contribution in [3.05, 3.63) is 59.7 Å². The molecule has 0 fully saturated rings. The zero-order chi connectivity index (χ0) is 15.2. The van der Waals surface area contributed by atoms with Gasteiger partial charge in [0, 0.05) is 5.69 Å². The van der Waals surface area contributed by atoms with E-state index in [1.54, 1.807) is 18.2 Å². The number of esters is 1. The first kappa shape index (κ1) is 15.0. The summed E-state index contributed by atoms with van der Waals surface area (Å²) in [4.78, 5) is 11.7. The average molecular weight is 300 g/mol. The van der Waals surface area contributed by atoms with Crippen molar-refractivity contribution in [1.82, 2.24) is 0 Å². The van der Waals surface area contributed by atoms with Gasteiger partial charge in [-0.25, -0.2) is 4.79 Å². The summed E-state index contributed by atoms with van der Waals surface area (Å²) in [6, 6.07) is 14.9. The largest absolute Gasteiger partial charge is 0.465 e. The Morgan fingerprint density at radius 3 is 2.57 bits per heavy atom. The van der Waals surface area contributed by atoms with Crippen LogP contribution in [-0.2, 0) is 4.74 Å². The number of nitrogens with one attached hydrogen (secondary N) is 2. The van der Waals surface area contributed by atoms with Crippen molar-refractivity contribution in [2.45, 2.75) is 6.92 Å². The van der Waals surface area contributed by atoms with E-state index in [0.717, 1.165) is 11.3 Å². The van der Waals surface area contributed by atoms with E-state index in [9.17, 15) is 4.79 Å². The average Bonchev–Trinajstić information content (AvgIpc) is 2.47. The SMILES string of the molecule is COC(=O)c1ccccc1NC(=S)Nc1cccc(C)c1. The summed E-state index contributed by atoms with van der Waals surface area (Å²) in [6.07, 6.45) is 0. The number of ether oxygens (including phenoxy) is 1. The summed E-state index contributed by atoms with van der Waals surface area (Å²) in [6.45, 7) is 2.01. The molecule has 4 nitrogen and oxygen atoms in total. The van der Waals surface area contributed by atoms with Gasteiger partial charge in [0.2, 0.25) is 0 Å². The third kappa shape index (κ3) is 4.03. The number of carbonyl (C=O) groups excluding carboxylic acids is 1. The molecule has 0 unspecified atom stereocenters. The van der Waals surface area contributed by atoms with Gasteiger partial charge in [-0.2, -0.15) is 0 Å². The van der Waals surface area contributed by atoms with Gasteiger partial charge in [-0.05, 0) is 49.0 Å². The number of aryl methyl sites for hydroxylation is 1. The number of thiocarbonyl (C=S) groups is 1. The van der Waals surface area contributed by atoms with Crippen molar-refractivity contribution in [3.63, 3.8) is 0 Å². The van der Waals surface area contributed by atoms with Gasteiger partial charge in [0.1, 0.15) is 0 Å². The summed E-state index contributed by atoms with van der Waals surface area (Å²) in [7, 11) is 1.35. The molecule has 0 amide bonds. The first-order valence-corrected chi connectivity index (χ1v) is 6.83. The minimum absolute atomic E-state index is 0.406. The molecule has 21 heavy (non-hydrogen) atoms. The molecule has 0 atom stereocenters. The van der Waals surface area contributed by atoms with Crippen LogP contribution in [0, 0.1) is 6.92 Å². The van der Waals surface area contributed by atoms with Crippen LogP contribution in [0.4, 0.5) is 11.4 Å². The van der Waals surface area contributed by atoms with E-state index in [1.165, 1.54) is 7.11 Å². The van der Waals surface area contributed by atoms with E-state index in [1.807, 2.05) is 37.3 Å². The molecular weight excluding hydrogens is 284 g/mol. The number of benzene rings is 2. The lowest BCUT2D eigenvalue weighted by Crippen LogP contribution is -2.20. The highest BCUT2D eigenvalue weighted by Crippen LogP contribution is 2.17. The molecule has 0 bridgehead atoms. The lowest BCUT2D eigenvalue weighted by atomic mass is 10.2.